The predicted molar refractivity (Wildman–Crippen MR) is 71.3 cm³/mol. The Bertz CT molecular complexity index is 386. The van der Waals surface area contributed by atoms with Crippen molar-refractivity contribution in [3.05, 3.63) is 48.6 Å². The van der Waals surface area contributed by atoms with Crippen molar-refractivity contribution in [1.29, 1.82) is 0 Å². The van der Waals surface area contributed by atoms with Crippen LogP contribution in [-0.4, -0.2) is 24.3 Å². The van der Waals surface area contributed by atoms with Crippen LogP contribution in [0.3, 0.4) is 0 Å². The van der Waals surface area contributed by atoms with Crippen molar-refractivity contribution in [2.24, 2.45) is 5.41 Å². The third-order valence-corrected chi connectivity index (χ3v) is 2.89. The van der Waals surface area contributed by atoms with Gasteiger partial charge in [0.05, 0.1) is 18.8 Å². The molecule has 1 aromatic carbocycles. The summed E-state index contributed by atoms with van der Waals surface area (Å²) in [4.78, 5) is 11.8. The number of allylic oxidation sites excluding steroid dienone is 1. The number of aliphatic hydroxyl groups excluding tert-OH is 1. The zero-order valence-electron chi connectivity index (χ0n) is 10.8. The quantitative estimate of drug-likeness (QED) is 0.596. The van der Waals surface area contributed by atoms with Crippen molar-refractivity contribution in [3.63, 3.8) is 0 Å². The van der Waals surface area contributed by atoms with E-state index >= 15 is 0 Å². The number of aliphatic hydroxyl groups is 1. The van der Waals surface area contributed by atoms with E-state index in [4.69, 9.17) is 4.74 Å². The molecule has 0 radical (unpaired) electrons. The highest BCUT2D eigenvalue weighted by atomic mass is 16.5. The van der Waals surface area contributed by atoms with Gasteiger partial charge in [-0.1, -0.05) is 31.2 Å². The average Bonchev–Trinajstić information content (AvgIpc) is 2.43. The van der Waals surface area contributed by atoms with Gasteiger partial charge in [0.25, 0.3) is 0 Å². The van der Waals surface area contributed by atoms with Gasteiger partial charge in [0.15, 0.2) is 0 Å². The SMILES string of the molecule is C=CCC[C@](C)(CO)COC(=O)c1ccccc1. The summed E-state index contributed by atoms with van der Waals surface area (Å²) < 4.78 is 5.25. The lowest BCUT2D eigenvalue weighted by Gasteiger charge is -2.26. The fraction of sp³-hybridized carbons (Fsp3) is 0.400. The molecule has 98 valence electrons. The largest absolute Gasteiger partial charge is 0.461 e. The number of hydrogen-bond acceptors (Lipinski definition) is 3. The summed E-state index contributed by atoms with van der Waals surface area (Å²) in [6, 6.07) is 8.85. The van der Waals surface area contributed by atoms with Gasteiger partial charge in [-0.2, -0.15) is 0 Å². The first kappa shape index (κ1) is 14.5. The summed E-state index contributed by atoms with van der Waals surface area (Å²) in [6.07, 6.45) is 3.34. The third-order valence-electron chi connectivity index (χ3n) is 2.89. The van der Waals surface area contributed by atoms with Crippen molar-refractivity contribution in [2.75, 3.05) is 13.2 Å². The van der Waals surface area contributed by atoms with E-state index in [1.165, 1.54) is 0 Å². The molecule has 3 heteroatoms. The second-order valence-corrected chi connectivity index (χ2v) is 4.74. The lowest BCUT2D eigenvalue weighted by atomic mass is 9.87. The maximum absolute atomic E-state index is 11.8. The standard InChI is InChI=1S/C15H20O3/c1-3-4-10-15(2,11-16)12-18-14(17)13-8-6-5-7-9-13/h3,5-9,16H,1,4,10-12H2,2H3/t15-/m1/s1. The van der Waals surface area contributed by atoms with Gasteiger partial charge in [-0.05, 0) is 25.0 Å². The zero-order chi connectivity index (χ0) is 13.4. The fourth-order valence-electron chi connectivity index (χ4n) is 1.54. The van der Waals surface area contributed by atoms with Crippen LogP contribution in [0.2, 0.25) is 0 Å². The van der Waals surface area contributed by atoms with Gasteiger partial charge < -0.3 is 9.84 Å². The Morgan fingerprint density at radius 1 is 1.44 bits per heavy atom. The van der Waals surface area contributed by atoms with Gasteiger partial charge >= 0.3 is 5.97 Å². The molecule has 3 nitrogen and oxygen atoms in total. The minimum atomic E-state index is -0.404. The van der Waals surface area contributed by atoms with Crippen LogP contribution < -0.4 is 0 Å². The molecule has 1 aromatic rings. The molecule has 18 heavy (non-hydrogen) atoms. The molecule has 0 aliphatic carbocycles. The Labute approximate surface area is 108 Å². The number of esters is 1. The molecule has 0 spiro atoms. The smallest absolute Gasteiger partial charge is 0.338 e. The van der Waals surface area contributed by atoms with Gasteiger partial charge in [0.2, 0.25) is 0 Å². The van der Waals surface area contributed by atoms with Crippen LogP contribution in [0.4, 0.5) is 0 Å². The number of rotatable bonds is 7. The first-order chi connectivity index (χ1) is 8.61. The first-order valence-electron chi connectivity index (χ1n) is 6.05. The number of hydrogen-bond donors (Lipinski definition) is 1. The molecule has 1 N–H and O–H groups in total. The third kappa shape index (κ3) is 4.34. The van der Waals surface area contributed by atoms with Gasteiger partial charge in [-0.3, -0.25) is 0 Å². The molecule has 1 rings (SSSR count). The number of carbonyl (C=O) groups is 1. The van der Waals surface area contributed by atoms with Gasteiger partial charge in [-0.25, -0.2) is 4.79 Å². The van der Waals surface area contributed by atoms with E-state index in [-0.39, 0.29) is 19.2 Å². The Morgan fingerprint density at radius 2 is 2.11 bits per heavy atom. The molecular formula is C15H20O3. The maximum Gasteiger partial charge on any atom is 0.338 e. The molecule has 0 amide bonds. The van der Waals surface area contributed by atoms with Crippen LogP contribution in [0.1, 0.15) is 30.1 Å². The topological polar surface area (TPSA) is 46.5 Å². The van der Waals surface area contributed by atoms with E-state index < -0.39 is 5.41 Å². The highest BCUT2D eigenvalue weighted by molar-refractivity contribution is 5.89. The molecule has 1 atom stereocenters. The van der Waals surface area contributed by atoms with E-state index in [1.807, 2.05) is 13.0 Å². The number of ether oxygens (including phenoxy) is 1. The Hall–Kier alpha value is -1.61. The van der Waals surface area contributed by atoms with Gasteiger partial charge in [-0.15, -0.1) is 6.58 Å². The van der Waals surface area contributed by atoms with Crippen molar-refractivity contribution in [3.8, 4) is 0 Å². The highest BCUT2D eigenvalue weighted by Crippen LogP contribution is 2.23. The van der Waals surface area contributed by atoms with Crippen LogP contribution in [0.5, 0.6) is 0 Å². The number of carbonyl (C=O) groups excluding carboxylic acids is 1. The van der Waals surface area contributed by atoms with E-state index in [9.17, 15) is 9.90 Å². The van der Waals surface area contributed by atoms with E-state index in [1.54, 1.807) is 30.3 Å². The molecule has 0 aliphatic heterocycles. The number of benzene rings is 1. The normalized spacial score (nSPS) is 13.7. The highest BCUT2D eigenvalue weighted by Gasteiger charge is 2.25. The van der Waals surface area contributed by atoms with Crippen molar-refractivity contribution >= 4 is 5.97 Å². The van der Waals surface area contributed by atoms with Crippen LogP contribution in [0, 0.1) is 5.41 Å². The van der Waals surface area contributed by atoms with E-state index in [2.05, 4.69) is 6.58 Å². The second-order valence-electron chi connectivity index (χ2n) is 4.74. The molecule has 0 aromatic heterocycles. The maximum atomic E-state index is 11.8. The van der Waals surface area contributed by atoms with Crippen LogP contribution >= 0.6 is 0 Å². The zero-order valence-corrected chi connectivity index (χ0v) is 10.8. The Balaban J connectivity index is 2.52. The monoisotopic (exact) mass is 248 g/mol. The fourth-order valence-corrected chi connectivity index (χ4v) is 1.54. The van der Waals surface area contributed by atoms with Crippen molar-refractivity contribution < 1.29 is 14.6 Å². The second kappa shape index (κ2) is 6.97. The molecule has 0 saturated carbocycles. The van der Waals surface area contributed by atoms with Gasteiger partial charge in [0, 0.05) is 5.41 Å². The molecule has 0 heterocycles. The van der Waals surface area contributed by atoms with E-state index in [0.717, 1.165) is 12.8 Å². The summed E-state index contributed by atoms with van der Waals surface area (Å²) in [5, 5.41) is 9.37. The summed E-state index contributed by atoms with van der Waals surface area (Å²) in [5.74, 6) is -0.353. The van der Waals surface area contributed by atoms with Gasteiger partial charge in [0.1, 0.15) is 0 Å². The summed E-state index contributed by atoms with van der Waals surface area (Å²) in [5.41, 5.74) is 0.125. The van der Waals surface area contributed by atoms with Crippen molar-refractivity contribution in [2.45, 2.75) is 19.8 Å². The van der Waals surface area contributed by atoms with Crippen LogP contribution in [0.25, 0.3) is 0 Å². The van der Waals surface area contributed by atoms with Crippen LogP contribution in [-0.2, 0) is 4.74 Å². The van der Waals surface area contributed by atoms with E-state index in [0.29, 0.717) is 5.56 Å². The molecule has 0 bridgehead atoms. The molecule has 0 aliphatic rings. The lowest BCUT2D eigenvalue weighted by molar-refractivity contribution is 0.0138. The van der Waals surface area contributed by atoms with Crippen molar-refractivity contribution in [1.82, 2.24) is 0 Å². The van der Waals surface area contributed by atoms with Crippen LogP contribution in [0.15, 0.2) is 43.0 Å². The average molecular weight is 248 g/mol. The molecule has 0 fully saturated rings. The minimum absolute atomic E-state index is 0.0110. The lowest BCUT2D eigenvalue weighted by Crippen LogP contribution is -2.29. The molecular weight excluding hydrogens is 228 g/mol. The summed E-state index contributed by atoms with van der Waals surface area (Å²) >= 11 is 0. The first-order valence-corrected chi connectivity index (χ1v) is 6.05. The molecule has 0 unspecified atom stereocenters. The molecule has 0 saturated heterocycles. The minimum Gasteiger partial charge on any atom is -0.461 e. The Kier molecular flexibility index (Phi) is 5.59. The Morgan fingerprint density at radius 3 is 2.67 bits per heavy atom. The predicted octanol–water partition coefficient (Wildman–Crippen LogP) is 2.81. The summed E-state index contributed by atoms with van der Waals surface area (Å²) in [7, 11) is 0. The summed E-state index contributed by atoms with van der Waals surface area (Å²) in [6.45, 7) is 5.75.